The largest absolute Gasteiger partial charge is 0.368 e. The first-order chi connectivity index (χ1) is 11.6. The minimum atomic E-state index is 0.289. The molecule has 0 saturated carbocycles. The van der Waals surface area contributed by atoms with Gasteiger partial charge in [0.05, 0.1) is 11.9 Å². The molecule has 0 bridgehead atoms. The van der Waals surface area contributed by atoms with Crippen molar-refractivity contribution >= 4 is 17.3 Å². The molecule has 0 aliphatic rings. The van der Waals surface area contributed by atoms with Crippen LogP contribution >= 0.6 is 0 Å². The number of benzene rings is 1. The van der Waals surface area contributed by atoms with Gasteiger partial charge < -0.3 is 10.6 Å². The number of aryl methyl sites for hydroxylation is 1. The molecule has 0 spiro atoms. The topological polar surface area (TPSA) is 62.7 Å². The summed E-state index contributed by atoms with van der Waals surface area (Å²) >= 11 is 0. The Morgan fingerprint density at radius 2 is 1.67 bits per heavy atom. The van der Waals surface area contributed by atoms with Crippen molar-refractivity contribution in [2.24, 2.45) is 0 Å². The van der Waals surface area contributed by atoms with E-state index in [1.165, 1.54) is 0 Å². The number of hydrogen-bond acceptors (Lipinski definition) is 5. The summed E-state index contributed by atoms with van der Waals surface area (Å²) in [6.07, 6.45) is 1.80. The summed E-state index contributed by atoms with van der Waals surface area (Å²) in [5.41, 5.74) is 2.86. The molecule has 3 rings (SSSR count). The lowest BCUT2D eigenvalue weighted by Crippen LogP contribution is -2.12. The maximum Gasteiger partial charge on any atom is 0.163 e. The van der Waals surface area contributed by atoms with Gasteiger partial charge >= 0.3 is 0 Å². The smallest absolute Gasteiger partial charge is 0.163 e. The molecule has 24 heavy (non-hydrogen) atoms. The molecule has 0 amide bonds. The maximum atomic E-state index is 4.64. The average molecular weight is 319 g/mol. The van der Waals surface area contributed by atoms with Crippen molar-refractivity contribution in [2.45, 2.75) is 26.8 Å². The van der Waals surface area contributed by atoms with Gasteiger partial charge in [0.15, 0.2) is 5.82 Å². The van der Waals surface area contributed by atoms with Gasteiger partial charge in [-0.3, -0.25) is 4.98 Å². The van der Waals surface area contributed by atoms with Crippen molar-refractivity contribution in [1.29, 1.82) is 0 Å². The van der Waals surface area contributed by atoms with Gasteiger partial charge in [0.1, 0.15) is 11.6 Å². The van der Waals surface area contributed by atoms with Crippen LogP contribution in [0.2, 0.25) is 0 Å². The molecule has 0 atom stereocenters. The Bertz CT molecular complexity index is 798. The minimum absolute atomic E-state index is 0.289. The highest BCUT2D eigenvalue weighted by atomic mass is 15.1. The van der Waals surface area contributed by atoms with Crippen molar-refractivity contribution in [1.82, 2.24) is 15.0 Å². The van der Waals surface area contributed by atoms with E-state index in [-0.39, 0.29) is 6.04 Å². The van der Waals surface area contributed by atoms with Crippen molar-refractivity contribution in [3.8, 4) is 11.4 Å². The Morgan fingerprint density at radius 3 is 2.33 bits per heavy atom. The van der Waals surface area contributed by atoms with Crippen LogP contribution in [0.1, 0.15) is 19.5 Å². The van der Waals surface area contributed by atoms with Gasteiger partial charge in [-0.25, -0.2) is 9.97 Å². The summed E-state index contributed by atoms with van der Waals surface area (Å²) in [5.74, 6) is 2.21. The van der Waals surface area contributed by atoms with Crippen molar-refractivity contribution in [3.63, 3.8) is 0 Å². The third-order valence-corrected chi connectivity index (χ3v) is 3.38. The molecule has 5 heteroatoms. The molecule has 0 radical (unpaired) electrons. The molecule has 0 fully saturated rings. The van der Waals surface area contributed by atoms with E-state index in [9.17, 15) is 0 Å². The van der Waals surface area contributed by atoms with Crippen LogP contribution in [0.4, 0.5) is 17.3 Å². The van der Waals surface area contributed by atoms with Crippen LogP contribution in [0.5, 0.6) is 0 Å². The summed E-state index contributed by atoms with van der Waals surface area (Å²) in [6.45, 7) is 6.13. The Hall–Kier alpha value is -2.95. The van der Waals surface area contributed by atoms with Crippen LogP contribution in [0.15, 0.2) is 54.7 Å². The Labute approximate surface area is 142 Å². The van der Waals surface area contributed by atoms with Crippen molar-refractivity contribution < 1.29 is 0 Å². The minimum Gasteiger partial charge on any atom is -0.368 e. The first-order valence-corrected chi connectivity index (χ1v) is 8.01. The van der Waals surface area contributed by atoms with E-state index >= 15 is 0 Å². The van der Waals surface area contributed by atoms with E-state index in [2.05, 4.69) is 39.4 Å². The van der Waals surface area contributed by atoms with E-state index in [1.54, 1.807) is 6.20 Å². The number of pyridine rings is 1. The van der Waals surface area contributed by atoms with Crippen LogP contribution in [0, 0.1) is 6.92 Å². The molecule has 3 aromatic rings. The second kappa shape index (κ2) is 7.08. The molecule has 5 nitrogen and oxygen atoms in total. The van der Waals surface area contributed by atoms with E-state index in [1.807, 2.05) is 55.5 Å². The first kappa shape index (κ1) is 15.9. The summed E-state index contributed by atoms with van der Waals surface area (Å²) in [7, 11) is 0. The first-order valence-electron chi connectivity index (χ1n) is 8.01. The normalized spacial score (nSPS) is 10.7. The second-order valence-corrected chi connectivity index (χ2v) is 5.94. The van der Waals surface area contributed by atoms with Crippen LogP contribution in [0.25, 0.3) is 11.4 Å². The number of nitrogens with one attached hydrogen (secondary N) is 2. The highest BCUT2D eigenvalue weighted by Gasteiger charge is 2.08. The summed E-state index contributed by atoms with van der Waals surface area (Å²) < 4.78 is 0. The van der Waals surface area contributed by atoms with E-state index in [0.29, 0.717) is 5.82 Å². The lowest BCUT2D eigenvalue weighted by Gasteiger charge is -2.13. The monoisotopic (exact) mass is 319 g/mol. The Morgan fingerprint density at radius 1 is 0.917 bits per heavy atom. The standard InChI is InChI=1S/C19H21N5/c1-13(2)21-17-11-18(22-16-10-9-14(3)20-12-16)24-19(23-17)15-7-5-4-6-8-15/h4-13H,1-3H3,(H2,21,22,23,24). The van der Waals surface area contributed by atoms with E-state index in [0.717, 1.165) is 28.6 Å². The molecule has 0 aliphatic carbocycles. The zero-order valence-electron chi connectivity index (χ0n) is 14.1. The van der Waals surface area contributed by atoms with Gasteiger partial charge in [-0.05, 0) is 32.9 Å². The number of anilines is 3. The van der Waals surface area contributed by atoms with Crippen LogP contribution in [-0.2, 0) is 0 Å². The average Bonchev–Trinajstić information content (AvgIpc) is 2.57. The highest BCUT2D eigenvalue weighted by molar-refractivity contribution is 5.64. The molecule has 0 saturated heterocycles. The fourth-order valence-corrected chi connectivity index (χ4v) is 2.29. The van der Waals surface area contributed by atoms with Crippen LogP contribution < -0.4 is 10.6 Å². The summed E-state index contributed by atoms with van der Waals surface area (Å²) in [5, 5.41) is 6.64. The number of nitrogens with zero attached hydrogens (tertiary/aromatic N) is 3. The Kier molecular flexibility index (Phi) is 4.70. The van der Waals surface area contributed by atoms with Gasteiger partial charge in [-0.15, -0.1) is 0 Å². The number of rotatable bonds is 5. The highest BCUT2D eigenvalue weighted by Crippen LogP contribution is 2.22. The summed E-state index contributed by atoms with van der Waals surface area (Å²) in [4.78, 5) is 13.6. The van der Waals surface area contributed by atoms with Gasteiger partial charge in [0.2, 0.25) is 0 Å². The van der Waals surface area contributed by atoms with Gasteiger partial charge in [-0.1, -0.05) is 30.3 Å². The second-order valence-electron chi connectivity index (χ2n) is 5.94. The fraction of sp³-hybridized carbons (Fsp3) is 0.211. The molecule has 1 aromatic carbocycles. The lowest BCUT2D eigenvalue weighted by atomic mass is 10.2. The SMILES string of the molecule is Cc1ccc(Nc2cc(NC(C)C)nc(-c3ccccc3)n2)cn1. The molecule has 0 aliphatic heterocycles. The molecular weight excluding hydrogens is 298 g/mol. The van der Waals surface area contributed by atoms with Crippen LogP contribution in [-0.4, -0.2) is 21.0 Å². The zero-order chi connectivity index (χ0) is 16.9. The molecule has 122 valence electrons. The predicted molar refractivity (Wildman–Crippen MR) is 98.5 cm³/mol. The third kappa shape index (κ3) is 4.07. The van der Waals surface area contributed by atoms with Crippen molar-refractivity contribution in [3.05, 3.63) is 60.4 Å². The molecule has 2 heterocycles. The molecule has 2 N–H and O–H groups in total. The molecule has 2 aromatic heterocycles. The van der Waals surface area contributed by atoms with Crippen LogP contribution in [0.3, 0.4) is 0 Å². The van der Waals surface area contributed by atoms with Gasteiger partial charge in [0.25, 0.3) is 0 Å². The fourth-order valence-electron chi connectivity index (χ4n) is 2.29. The predicted octanol–water partition coefficient (Wildman–Crippen LogP) is 4.41. The van der Waals surface area contributed by atoms with E-state index in [4.69, 9.17) is 0 Å². The quantitative estimate of drug-likeness (QED) is 0.729. The Balaban J connectivity index is 1.96. The lowest BCUT2D eigenvalue weighted by molar-refractivity contribution is 0.887. The maximum absolute atomic E-state index is 4.64. The zero-order valence-corrected chi connectivity index (χ0v) is 14.1. The van der Waals surface area contributed by atoms with Crippen molar-refractivity contribution in [2.75, 3.05) is 10.6 Å². The van der Waals surface area contributed by atoms with Gasteiger partial charge in [0, 0.05) is 23.4 Å². The third-order valence-electron chi connectivity index (χ3n) is 3.38. The van der Waals surface area contributed by atoms with E-state index < -0.39 is 0 Å². The number of hydrogen-bond donors (Lipinski definition) is 2. The number of aromatic nitrogens is 3. The molecular formula is C19H21N5. The van der Waals surface area contributed by atoms with Gasteiger partial charge in [-0.2, -0.15) is 0 Å². The molecule has 0 unspecified atom stereocenters. The summed E-state index contributed by atoms with van der Waals surface area (Å²) in [6, 6.07) is 16.1.